The molecule has 1 heterocycles. The zero-order valence-corrected chi connectivity index (χ0v) is 16.1. The van der Waals surface area contributed by atoms with Gasteiger partial charge < -0.3 is 19.6 Å². The summed E-state index contributed by atoms with van der Waals surface area (Å²) in [6.07, 6.45) is -0.345. The van der Waals surface area contributed by atoms with Crippen molar-refractivity contribution in [2.75, 3.05) is 31.1 Å². The molecule has 1 aromatic carbocycles. The number of azide groups is 1. The Morgan fingerprint density at radius 3 is 2.41 bits per heavy atom. The Bertz CT molecular complexity index is 773. The molecule has 9 heteroatoms. The van der Waals surface area contributed by atoms with E-state index < -0.39 is 11.6 Å². The predicted octanol–water partition coefficient (Wildman–Crippen LogP) is 3.56. The van der Waals surface area contributed by atoms with Gasteiger partial charge in [-0.3, -0.25) is 0 Å². The number of piperazine rings is 1. The van der Waals surface area contributed by atoms with Gasteiger partial charge in [0.2, 0.25) is 0 Å². The maximum absolute atomic E-state index is 12.2. The van der Waals surface area contributed by atoms with E-state index in [1.165, 1.54) is 6.07 Å². The Morgan fingerprint density at radius 2 is 1.89 bits per heavy atom. The van der Waals surface area contributed by atoms with Crippen LogP contribution in [0.5, 0.6) is 0 Å². The van der Waals surface area contributed by atoms with Gasteiger partial charge in [-0.2, -0.15) is 0 Å². The van der Waals surface area contributed by atoms with E-state index in [2.05, 4.69) is 10.0 Å². The van der Waals surface area contributed by atoms with Gasteiger partial charge in [-0.25, -0.2) is 9.59 Å². The van der Waals surface area contributed by atoms with Crippen molar-refractivity contribution in [2.24, 2.45) is 5.11 Å². The molecule has 1 fully saturated rings. The number of hydrogen-bond acceptors (Lipinski definition) is 5. The Labute approximate surface area is 158 Å². The van der Waals surface area contributed by atoms with Crippen molar-refractivity contribution in [3.05, 3.63) is 39.3 Å². The number of ether oxygens (including phenoxy) is 1. The number of carbonyl (C=O) groups is 2. The minimum Gasteiger partial charge on any atom is -0.478 e. The summed E-state index contributed by atoms with van der Waals surface area (Å²) in [6, 6.07) is 3.38. The number of hydrogen-bond donors (Lipinski definition) is 1. The monoisotopic (exact) mass is 375 g/mol. The molecule has 1 aliphatic rings. The molecule has 0 aliphatic carbocycles. The third-order valence-corrected chi connectivity index (χ3v) is 4.26. The Hall–Kier alpha value is -2.93. The molecule has 1 aromatic rings. The standard InChI is InChI=1S/C18H25N5O4/c1-12-14(16(24)25)9-13(11-20-21-19)10-15(12)22-5-7-23(8-6-22)17(26)27-18(2,3)4/h9-10H,5-8,11H2,1-4H3,(H,24,25). The van der Waals surface area contributed by atoms with Crippen LogP contribution in [0.1, 0.15) is 42.3 Å². The quantitative estimate of drug-likeness (QED) is 0.490. The molecule has 0 spiro atoms. The number of anilines is 1. The molecule has 0 atom stereocenters. The highest BCUT2D eigenvalue weighted by Crippen LogP contribution is 2.27. The zero-order chi connectivity index (χ0) is 20.2. The Kier molecular flexibility index (Phi) is 6.17. The fourth-order valence-electron chi connectivity index (χ4n) is 2.97. The van der Waals surface area contributed by atoms with Crippen molar-refractivity contribution < 1.29 is 19.4 Å². The van der Waals surface area contributed by atoms with Crippen LogP contribution in [0.25, 0.3) is 10.4 Å². The molecule has 1 amide bonds. The summed E-state index contributed by atoms with van der Waals surface area (Å²) in [5.74, 6) is -1.02. The first kappa shape index (κ1) is 20.4. The van der Waals surface area contributed by atoms with Gasteiger partial charge in [0.05, 0.1) is 12.1 Å². The summed E-state index contributed by atoms with van der Waals surface area (Å²) in [7, 11) is 0. The van der Waals surface area contributed by atoms with Gasteiger partial charge in [0, 0.05) is 36.8 Å². The molecule has 1 N–H and O–H groups in total. The summed E-state index contributed by atoms with van der Waals surface area (Å²) < 4.78 is 5.40. The molecule has 1 aliphatic heterocycles. The molecule has 0 aromatic heterocycles. The van der Waals surface area contributed by atoms with Crippen LogP contribution < -0.4 is 4.90 Å². The second-order valence-corrected chi connectivity index (χ2v) is 7.44. The molecular formula is C18H25N5O4. The van der Waals surface area contributed by atoms with Gasteiger partial charge in [0.1, 0.15) is 5.60 Å². The van der Waals surface area contributed by atoms with Crippen LogP contribution in [0, 0.1) is 6.92 Å². The maximum atomic E-state index is 12.2. The Balaban J connectivity index is 2.19. The van der Waals surface area contributed by atoms with Crippen molar-refractivity contribution in [3.63, 3.8) is 0 Å². The predicted molar refractivity (Wildman–Crippen MR) is 101 cm³/mol. The molecule has 9 nitrogen and oxygen atoms in total. The van der Waals surface area contributed by atoms with E-state index in [0.29, 0.717) is 37.3 Å². The molecule has 0 saturated carbocycles. The van der Waals surface area contributed by atoms with Crippen LogP contribution in [0.2, 0.25) is 0 Å². The van der Waals surface area contributed by atoms with Gasteiger partial charge in [0.25, 0.3) is 0 Å². The number of benzene rings is 1. The number of aromatic carboxylic acids is 1. The third-order valence-electron chi connectivity index (χ3n) is 4.26. The van der Waals surface area contributed by atoms with Gasteiger partial charge >= 0.3 is 12.1 Å². The second-order valence-electron chi connectivity index (χ2n) is 7.44. The highest BCUT2D eigenvalue weighted by atomic mass is 16.6. The van der Waals surface area contributed by atoms with E-state index in [-0.39, 0.29) is 18.2 Å². The van der Waals surface area contributed by atoms with Crippen LogP contribution >= 0.6 is 0 Å². The van der Waals surface area contributed by atoms with Gasteiger partial charge in [-0.1, -0.05) is 5.11 Å². The minimum absolute atomic E-state index is 0.0853. The van der Waals surface area contributed by atoms with Crippen LogP contribution in [0.15, 0.2) is 17.2 Å². The summed E-state index contributed by atoms with van der Waals surface area (Å²) in [5.41, 5.74) is 10.2. The summed E-state index contributed by atoms with van der Waals surface area (Å²) in [5, 5.41) is 13.0. The SMILES string of the molecule is Cc1c(C(=O)O)cc(CN=[N+]=[N-])cc1N1CCN(C(=O)OC(C)(C)C)CC1. The van der Waals surface area contributed by atoms with Crippen molar-refractivity contribution in [1.29, 1.82) is 0 Å². The number of carboxylic acid groups (broad SMARTS) is 1. The lowest BCUT2D eigenvalue weighted by atomic mass is 10.0. The summed E-state index contributed by atoms with van der Waals surface area (Å²) in [6.45, 7) is 9.41. The van der Waals surface area contributed by atoms with E-state index in [9.17, 15) is 14.7 Å². The average Bonchev–Trinajstić information content (AvgIpc) is 2.59. The van der Waals surface area contributed by atoms with E-state index in [0.717, 1.165) is 5.69 Å². The topological polar surface area (TPSA) is 119 Å². The third kappa shape index (κ3) is 5.27. The van der Waals surface area contributed by atoms with Crippen LogP contribution in [-0.4, -0.2) is 53.8 Å². The number of amides is 1. The van der Waals surface area contributed by atoms with Gasteiger partial charge in [0.15, 0.2) is 0 Å². The van der Waals surface area contributed by atoms with Crippen LogP contribution in [0.4, 0.5) is 10.5 Å². The maximum Gasteiger partial charge on any atom is 0.410 e. The molecule has 146 valence electrons. The number of carboxylic acids is 1. The summed E-state index contributed by atoms with van der Waals surface area (Å²) >= 11 is 0. The van der Waals surface area contributed by atoms with Gasteiger partial charge in [-0.15, -0.1) is 0 Å². The lowest BCUT2D eigenvalue weighted by Gasteiger charge is -2.37. The van der Waals surface area contributed by atoms with Gasteiger partial charge in [-0.05, 0) is 56.5 Å². The molecule has 2 rings (SSSR count). The lowest BCUT2D eigenvalue weighted by Crippen LogP contribution is -2.50. The number of rotatable bonds is 4. The minimum atomic E-state index is -1.02. The summed E-state index contributed by atoms with van der Waals surface area (Å²) in [4.78, 5) is 30.2. The molecule has 0 radical (unpaired) electrons. The fourth-order valence-corrected chi connectivity index (χ4v) is 2.97. The molecule has 0 unspecified atom stereocenters. The lowest BCUT2D eigenvalue weighted by molar-refractivity contribution is 0.0240. The Morgan fingerprint density at radius 1 is 1.26 bits per heavy atom. The molecular weight excluding hydrogens is 350 g/mol. The zero-order valence-electron chi connectivity index (χ0n) is 16.1. The normalized spacial score (nSPS) is 14.5. The molecule has 0 bridgehead atoms. The highest BCUT2D eigenvalue weighted by Gasteiger charge is 2.27. The van der Waals surface area contributed by atoms with Crippen molar-refractivity contribution in [2.45, 2.75) is 39.8 Å². The first-order valence-corrected chi connectivity index (χ1v) is 8.73. The first-order chi connectivity index (χ1) is 12.6. The van der Waals surface area contributed by atoms with Crippen molar-refractivity contribution >= 4 is 17.7 Å². The first-order valence-electron chi connectivity index (χ1n) is 8.73. The van der Waals surface area contributed by atoms with E-state index >= 15 is 0 Å². The van der Waals surface area contributed by atoms with E-state index in [4.69, 9.17) is 10.3 Å². The largest absolute Gasteiger partial charge is 0.478 e. The number of nitrogens with zero attached hydrogens (tertiary/aromatic N) is 5. The number of carbonyl (C=O) groups excluding carboxylic acids is 1. The average molecular weight is 375 g/mol. The smallest absolute Gasteiger partial charge is 0.410 e. The van der Waals surface area contributed by atoms with E-state index in [1.54, 1.807) is 11.8 Å². The van der Waals surface area contributed by atoms with Crippen molar-refractivity contribution in [1.82, 2.24) is 4.90 Å². The van der Waals surface area contributed by atoms with Crippen LogP contribution in [-0.2, 0) is 11.3 Å². The molecule has 27 heavy (non-hydrogen) atoms. The molecule has 1 saturated heterocycles. The fraction of sp³-hybridized carbons (Fsp3) is 0.556. The van der Waals surface area contributed by atoms with E-state index in [1.807, 2.05) is 31.7 Å². The van der Waals surface area contributed by atoms with Crippen LogP contribution in [0.3, 0.4) is 0 Å². The second kappa shape index (κ2) is 8.18. The van der Waals surface area contributed by atoms with Crippen molar-refractivity contribution in [3.8, 4) is 0 Å². The highest BCUT2D eigenvalue weighted by molar-refractivity contribution is 5.91.